The van der Waals surface area contributed by atoms with Crippen LogP contribution >= 0.6 is 12.2 Å². The lowest BCUT2D eigenvalue weighted by molar-refractivity contribution is -0.387. The van der Waals surface area contributed by atoms with Gasteiger partial charge >= 0.3 is 5.69 Å². The number of nitrogens with zero attached hydrogens (tertiary/aromatic N) is 2. The third kappa shape index (κ3) is 1.94. The third-order valence-corrected chi connectivity index (χ3v) is 2.55. The fourth-order valence-electron chi connectivity index (χ4n) is 1.46. The Morgan fingerprint density at radius 3 is 2.76 bits per heavy atom. The lowest BCUT2D eigenvalue weighted by atomic mass is 10.2. The van der Waals surface area contributed by atoms with Crippen molar-refractivity contribution >= 4 is 34.6 Å². The molecule has 1 heterocycles. The van der Waals surface area contributed by atoms with Crippen LogP contribution < -0.4 is 10.2 Å². The Hall–Kier alpha value is -2.09. The maximum Gasteiger partial charge on any atom is 0.306 e. The van der Waals surface area contributed by atoms with Crippen molar-refractivity contribution in [2.75, 3.05) is 11.4 Å². The molecule has 1 amide bonds. The fraction of sp³-hybridized carbons (Fsp3) is 0.111. The van der Waals surface area contributed by atoms with Crippen molar-refractivity contribution in [3.63, 3.8) is 0 Å². The molecule has 1 N–H and O–H groups in total. The first kappa shape index (κ1) is 11.4. The van der Waals surface area contributed by atoms with Crippen molar-refractivity contribution < 1.29 is 14.1 Å². The molecule has 0 saturated carbocycles. The summed E-state index contributed by atoms with van der Waals surface area (Å²) in [5, 5.41) is 13.3. The molecule has 1 aromatic rings. The van der Waals surface area contributed by atoms with E-state index < -0.39 is 16.4 Å². The summed E-state index contributed by atoms with van der Waals surface area (Å²) in [4.78, 5) is 22.3. The summed E-state index contributed by atoms with van der Waals surface area (Å²) < 4.78 is 13.1. The number of halogens is 1. The van der Waals surface area contributed by atoms with E-state index in [0.29, 0.717) is 0 Å². The smallest absolute Gasteiger partial charge is 0.306 e. The molecule has 1 aliphatic rings. The van der Waals surface area contributed by atoms with Crippen molar-refractivity contribution in [3.05, 3.63) is 34.1 Å². The quantitative estimate of drug-likeness (QED) is 0.484. The fourth-order valence-corrected chi connectivity index (χ4v) is 1.74. The van der Waals surface area contributed by atoms with Gasteiger partial charge in [-0.2, -0.15) is 4.39 Å². The number of thiocarbonyl (C=S) groups is 1. The van der Waals surface area contributed by atoms with Crippen LogP contribution in [0.1, 0.15) is 0 Å². The lowest BCUT2D eigenvalue weighted by Crippen LogP contribution is -2.30. The number of benzene rings is 1. The number of carbonyl (C=O) groups is 1. The highest BCUT2D eigenvalue weighted by Gasteiger charge is 2.28. The van der Waals surface area contributed by atoms with Gasteiger partial charge in [0.1, 0.15) is 0 Å². The average molecular weight is 255 g/mol. The maximum absolute atomic E-state index is 13.1. The van der Waals surface area contributed by atoms with Crippen LogP contribution in [0.25, 0.3) is 0 Å². The first-order valence-corrected chi connectivity index (χ1v) is 4.96. The van der Waals surface area contributed by atoms with E-state index in [0.717, 1.165) is 17.0 Å². The Bertz CT molecular complexity index is 518. The van der Waals surface area contributed by atoms with E-state index in [9.17, 15) is 19.3 Å². The van der Waals surface area contributed by atoms with Gasteiger partial charge in [-0.15, -0.1) is 0 Å². The van der Waals surface area contributed by atoms with Gasteiger partial charge in [0.2, 0.25) is 5.82 Å². The Morgan fingerprint density at radius 1 is 1.53 bits per heavy atom. The number of amides is 1. The Morgan fingerprint density at radius 2 is 2.24 bits per heavy atom. The molecule has 1 aliphatic heterocycles. The highest BCUT2D eigenvalue weighted by atomic mass is 32.1. The minimum Gasteiger partial charge on any atom is -0.353 e. The van der Waals surface area contributed by atoms with Crippen LogP contribution in [0.4, 0.5) is 15.8 Å². The molecule has 0 aromatic heterocycles. The second-order valence-electron chi connectivity index (χ2n) is 3.28. The Balaban J connectivity index is 2.46. The molecule has 0 bridgehead atoms. The summed E-state index contributed by atoms with van der Waals surface area (Å²) in [6.45, 7) is 0.0318. The highest BCUT2D eigenvalue weighted by Crippen LogP contribution is 2.25. The molecule has 17 heavy (non-hydrogen) atoms. The molecule has 1 fully saturated rings. The molecule has 6 nitrogen and oxygen atoms in total. The van der Waals surface area contributed by atoms with Crippen molar-refractivity contribution in [1.29, 1.82) is 0 Å². The molecule has 0 unspecified atom stereocenters. The predicted molar refractivity (Wildman–Crippen MR) is 61.1 cm³/mol. The monoisotopic (exact) mass is 255 g/mol. The third-order valence-electron chi connectivity index (χ3n) is 2.23. The van der Waals surface area contributed by atoms with Crippen molar-refractivity contribution in [1.82, 2.24) is 5.32 Å². The van der Waals surface area contributed by atoms with Crippen LogP contribution in [0.15, 0.2) is 18.2 Å². The van der Waals surface area contributed by atoms with Crippen molar-refractivity contribution in [2.24, 2.45) is 0 Å². The van der Waals surface area contributed by atoms with Gasteiger partial charge in [0.05, 0.1) is 17.2 Å². The second kappa shape index (κ2) is 4.06. The van der Waals surface area contributed by atoms with Gasteiger partial charge in [0, 0.05) is 6.07 Å². The minimum absolute atomic E-state index is 0.0318. The zero-order valence-corrected chi connectivity index (χ0v) is 9.16. The Labute approximate surface area is 100 Å². The highest BCUT2D eigenvalue weighted by molar-refractivity contribution is 7.80. The van der Waals surface area contributed by atoms with Crippen LogP contribution in [-0.2, 0) is 4.79 Å². The predicted octanol–water partition coefficient (Wildman–Crippen LogP) is 0.955. The van der Waals surface area contributed by atoms with Gasteiger partial charge in [0.15, 0.2) is 5.11 Å². The standard InChI is InChI=1S/C9H6FN3O3S/c10-6-2-1-5(3-7(6)13(15)16)12-8(14)4-11-9(12)17/h1-3H,4H2,(H,11,17). The van der Waals surface area contributed by atoms with Gasteiger partial charge in [-0.3, -0.25) is 19.8 Å². The van der Waals surface area contributed by atoms with Crippen LogP contribution in [-0.4, -0.2) is 22.5 Å². The van der Waals surface area contributed by atoms with Gasteiger partial charge in [-0.1, -0.05) is 0 Å². The maximum atomic E-state index is 13.1. The van der Waals surface area contributed by atoms with Crippen LogP contribution in [0.3, 0.4) is 0 Å². The molecule has 8 heteroatoms. The number of carbonyl (C=O) groups excluding carboxylic acids is 1. The molecule has 1 aromatic carbocycles. The topological polar surface area (TPSA) is 75.5 Å². The number of hydrogen-bond donors (Lipinski definition) is 1. The minimum atomic E-state index is -0.954. The zero-order valence-electron chi connectivity index (χ0n) is 8.34. The van der Waals surface area contributed by atoms with E-state index in [-0.39, 0.29) is 23.3 Å². The van der Waals surface area contributed by atoms with Crippen molar-refractivity contribution in [3.8, 4) is 0 Å². The molecule has 2 rings (SSSR count). The van der Waals surface area contributed by atoms with E-state index >= 15 is 0 Å². The number of hydrogen-bond acceptors (Lipinski definition) is 4. The summed E-state index contributed by atoms with van der Waals surface area (Å²) in [5.74, 6) is -1.29. The van der Waals surface area contributed by atoms with Gasteiger partial charge < -0.3 is 5.32 Å². The van der Waals surface area contributed by atoms with E-state index in [2.05, 4.69) is 5.32 Å². The summed E-state index contributed by atoms with van der Waals surface area (Å²) in [6.07, 6.45) is 0. The normalized spacial score (nSPS) is 15.0. The molecule has 0 atom stereocenters. The average Bonchev–Trinajstić information content (AvgIpc) is 2.59. The lowest BCUT2D eigenvalue weighted by Gasteiger charge is -2.14. The Kier molecular flexibility index (Phi) is 2.72. The molecule has 1 saturated heterocycles. The summed E-state index contributed by atoms with van der Waals surface area (Å²) >= 11 is 4.87. The molecule has 0 aliphatic carbocycles. The number of rotatable bonds is 2. The van der Waals surface area contributed by atoms with Crippen LogP contribution in [0, 0.1) is 15.9 Å². The molecular weight excluding hydrogens is 249 g/mol. The van der Waals surface area contributed by atoms with Gasteiger partial charge in [-0.05, 0) is 24.4 Å². The summed E-state index contributed by atoms with van der Waals surface area (Å²) in [6, 6.07) is 3.17. The van der Waals surface area contributed by atoms with Crippen LogP contribution in [0.2, 0.25) is 0 Å². The first-order chi connectivity index (χ1) is 8.00. The van der Waals surface area contributed by atoms with Gasteiger partial charge in [-0.25, -0.2) is 0 Å². The van der Waals surface area contributed by atoms with Crippen molar-refractivity contribution in [2.45, 2.75) is 0 Å². The SMILES string of the molecule is O=C1CNC(=S)N1c1ccc(F)c([N+](=O)[O-])c1. The van der Waals surface area contributed by atoms with Gasteiger partial charge in [0.25, 0.3) is 5.91 Å². The largest absolute Gasteiger partial charge is 0.353 e. The summed E-state index contributed by atoms with van der Waals surface area (Å²) in [7, 11) is 0. The van der Waals surface area contributed by atoms with E-state index in [4.69, 9.17) is 12.2 Å². The summed E-state index contributed by atoms with van der Waals surface area (Å²) in [5.41, 5.74) is -0.511. The van der Waals surface area contributed by atoms with Crippen LogP contribution in [0.5, 0.6) is 0 Å². The number of nitro groups is 1. The van der Waals surface area contributed by atoms with E-state index in [1.54, 1.807) is 0 Å². The number of nitro benzene ring substituents is 1. The second-order valence-corrected chi connectivity index (χ2v) is 3.67. The number of anilines is 1. The number of nitrogens with one attached hydrogen (secondary N) is 1. The van der Waals surface area contributed by atoms with E-state index in [1.807, 2.05) is 0 Å². The molecule has 0 radical (unpaired) electrons. The molecular formula is C9H6FN3O3S. The molecule has 88 valence electrons. The molecule has 0 spiro atoms. The van der Waals surface area contributed by atoms with E-state index in [1.165, 1.54) is 6.07 Å². The first-order valence-electron chi connectivity index (χ1n) is 4.55. The zero-order chi connectivity index (χ0) is 12.6.